The number of hydrogen-bond acceptors (Lipinski definition) is 2. The first kappa shape index (κ1) is 13.4. The Morgan fingerprint density at radius 3 is 2.22 bits per heavy atom. The Bertz CT molecular complexity index is 401. The molecule has 0 N–H and O–H groups in total. The molecule has 0 saturated heterocycles. The van der Waals surface area contributed by atoms with Crippen LogP contribution in [0.1, 0.15) is 40.0 Å². The second kappa shape index (κ2) is 4.00. The molecule has 1 saturated carbocycles. The summed E-state index contributed by atoms with van der Waals surface area (Å²) in [6.45, 7) is 4.98. The highest BCUT2D eigenvalue weighted by Gasteiger charge is 2.52. The Kier molecular flexibility index (Phi) is 2.98. The Morgan fingerprint density at radius 2 is 1.72 bits per heavy atom. The number of halogens is 3. The molecule has 0 aliphatic heterocycles. The minimum absolute atomic E-state index is 0.117. The fraction of sp³-hybridized carbons (Fsp3) is 0.769. The minimum Gasteiger partial charge on any atom is -0.457 e. The summed E-state index contributed by atoms with van der Waals surface area (Å²) in [6, 6.07) is 0. The molecule has 2 unspecified atom stereocenters. The lowest BCUT2D eigenvalue weighted by Crippen LogP contribution is -2.29. The van der Waals surface area contributed by atoms with Crippen molar-refractivity contribution in [1.82, 2.24) is 0 Å². The predicted molar refractivity (Wildman–Crippen MR) is 59.8 cm³/mol. The summed E-state index contributed by atoms with van der Waals surface area (Å²) in [4.78, 5) is 11.9. The van der Waals surface area contributed by atoms with Crippen molar-refractivity contribution < 1.29 is 22.7 Å². The number of esters is 1. The Morgan fingerprint density at radius 1 is 1.17 bits per heavy atom. The van der Waals surface area contributed by atoms with Crippen LogP contribution in [0.25, 0.3) is 0 Å². The van der Waals surface area contributed by atoms with E-state index < -0.39 is 29.2 Å². The summed E-state index contributed by atoms with van der Waals surface area (Å²) in [7, 11) is 0. The van der Waals surface area contributed by atoms with E-state index in [0.29, 0.717) is 19.3 Å². The van der Waals surface area contributed by atoms with Crippen molar-refractivity contribution >= 4 is 5.97 Å². The van der Waals surface area contributed by atoms with Crippen molar-refractivity contribution in [3.8, 4) is 0 Å². The van der Waals surface area contributed by atoms with Crippen molar-refractivity contribution in [2.24, 2.45) is 11.8 Å². The van der Waals surface area contributed by atoms with E-state index in [0.717, 1.165) is 0 Å². The van der Waals surface area contributed by atoms with E-state index in [1.165, 1.54) is 0 Å². The first-order chi connectivity index (χ1) is 8.09. The summed E-state index contributed by atoms with van der Waals surface area (Å²) >= 11 is 0. The van der Waals surface area contributed by atoms with E-state index in [1.54, 1.807) is 20.8 Å². The standard InChI is InChI=1S/C13H17F3O2/c1-12(2,3)18-11(17)9-7-4-5-8(6-7)10(9)13(14,15)16/h7-8H,4-6H2,1-3H3. The molecular formula is C13H17F3O2. The van der Waals surface area contributed by atoms with Gasteiger partial charge in [0.2, 0.25) is 0 Å². The second-order valence-electron chi connectivity index (χ2n) is 6.03. The third-order valence-corrected chi connectivity index (χ3v) is 3.46. The summed E-state index contributed by atoms with van der Waals surface area (Å²) < 4.78 is 44.1. The Hall–Kier alpha value is -1.00. The summed E-state index contributed by atoms with van der Waals surface area (Å²) in [5.74, 6) is -1.55. The average Bonchev–Trinajstić information content (AvgIpc) is 2.71. The van der Waals surface area contributed by atoms with Crippen LogP contribution in [0.2, 0.25) is 0 Å². The molecule has 5 heteroatoms. The van der Waals surface area contributed by atoms with Crippen LogP contribution >= 0.6 is 0 Å². The second-order valence-corrected chi connectivity index (χ2v) is 6.03. The molecule has 18 heavy (non-hydrogen) atoms. The molecule has 0 aromatic rings. The van der Waals surface area contributed by atoms with Gasteiger partial charge in [0.25, 0.3) is 0 Å². The number of carbonyl (C=O) groups is 1. The highest BCUT2D eigenvalue weighted by molar-refractivity contribution is 5.91. The molecule has 1 fully saturated rings. The number of alkyl halides is 3. The maximum absolute atomic E-state index is 13.0. The summed E-state index contributed by atoms with van der Waals surface area (Å²) in [6.07, 6.45) is -2.76. The van der Waals surface area contributed by atoms with Crippen LogP contribution in [0.3, 0.4) is 0 Å². The fourth-order valence-electron chi connectivity index (χ4n) is 2.94. The molecule has 2 rings (SSSR count). The normalized spacial score (nSPS) is 27.9. The van der Waals surface area contributed by atoms with Gasteiger partial charge in [-0.1, -0.05) is 0 Å². The lowest BCUT2D eigenvalue weighted by atomic mass is 9.91. The van der Waals surface area contributed by atoms with E-state index >= 15 is 0 Å². The van der Waals surface area contributed by atoms with Gasteiger partial charge in [-0.2, -0.15) is 13.2 Å². The van der Waals surface area contributed by atoms with Crippen LogP contribution in [-0.4, -0.2) is 17.7 Å². The van der Waals surface area contributed by atoms with Crippen molar-refractivity contribution in [3.05, 3.63) is 11.1 Å². The highest BCUT2D eigenvalue weighted by atomic mass is 19.4. The SMILES string of the molecule is CC(C)(C)OC(=O)C1=C(C(F)(F)F)C2CCC1C2. The molecule has 102 valence electrons. The number of allylic oxidation sites excluding steroid dienone is 1. The number of rotatable bonds is 1. The molecule has 2 aliphatic carbocycles. The lowest BCUT2D eigenvalue weighted by molar-refractivity contribution is -0.151. The molecular weight excluding hydrogens is 245 g/mol. The topological polar surface area (TPSA) is 26.3 Å². The van der Waals surface area contributed by atoms with Gasteiger partial charge in [0, 0.05) is 11.1 Å². The molecule has 0 heterocycles. The third kappa shape index (κ3) is 2.40. The van der Waals surface area contributed by atoms with E-state index in [9.17, 15) is 18.0 Å². The average molecular weight is 262 g/mol. The third-order valence-electron chi connectivity index (χ3n) is 3.46. The maximum Gasteiger partial charge on any atom is 0.413 e. The van der Waals surface area contributed by atoms with Crippen LogP contribution in [0.5, 0.6) is 0 Å². The molecule has 0 aromatic heterocycles. The van der Waals surface area contributed by atoms with Gasteiger partial charge in [-0.25, -0.2) is 4.79 Å². The van der Waals surface area contributed by atoms with Crippen molar-refractivity contribution in [3.63, 3.8) is 0 Å². The zero-order valence-electron chi connectivity index (χ0n) is 10.7. The molecule has 0 aromatic carbocycles. The van der Waals surface area contributed by atoms with Gasteiger partial charge in [0.1, 0.15) is 5.60 Å². The molecule has 0 spiro atoms. The van der Waals surface area contributed by atoms with Crippen LogP contribution in [-0.2, 0) is 9.53 Å². The zero-order chi connectivity index (χ0) is 13.7. The molecule has 2 nitrogen and oxygen atoms in total. The van der Waals surface area contributed by atoms with Gasteiger partial charge in [0.15, 0.2) is 0 Å². The predicted octanol–water partition coefficient (Wildman–Crippen LogP) is 3.62. The van der Waals surface area contributed by atoms with E-state index in [2.05, 4.69) is 0 Å². The van der Waals surface area contributed by atoms with Gasteiger partial charge >= 0.3 is 12.1 Å². The van der Waals surface area contributed by atoms with Gasteiger partial charge < -0.3 is 4.74 Å². The molecule has 0 amide bonds. The summed E-state index contributed by atoms with van der Waals surface area (Å²) in [5.41, 5.74) is -1.51. The number of fused-ring (bicyclic) bond motifs is 2. The van der Waals surface area contributed by atoms with Crippen molar-refractivity contribution in [1.29, 1.82) is 0 Å². The Balaban J connectivity index is 2.33. The van der Waals surface area contributed by atoms with E-state index in [1.807, 2.05) is 0 Å². The molecule has 2 bridgehead atoms. The van der Waals surface area contributed by atoms with E-state index in [-0.39, 0.29) is 11.5 Å². The van der Waals surface area contributed by atoms with Gasteiger partial charge in [-0.3, -0.25) is 0 Å². The van der Waals surface area contributed by atoms with Gasteiger partial charge in [-0.05, 0) is 51.9 Å². The van der Waals surface area contributed by atoms with Crippen LogP contribution in [0.15, 0.2) is 11.1 Å². The maximum atomic E-state index is 13.0. The number of carbonyl (C=O) groups excluding carboxylic acids is 1. The molecule has 2 atom stereocenters. The van der Waals surface area contributed by atoms with Crippen LogP contribution in [0, 0.1) is 11.8 Å². The van der Waals surface area contributed by atoms with Crippen LogP contribution < -0.4 is 0 Å². The highest BCUT2D eigenvalue weighted by Crippen LogP contribution is 2.54. The van der Waals surface area contributed by atoms with E-state index in [4.69, 9.17) is 4.74 Å². The Labute approximate surface area is 104 Å². The monoisotopic (exact) mass is 262 g/mol. The zero-order valence-corrected chi connectivity index (χ0v) is 10.7. The lowest BCUT2D eigenvalue weighted by Gasteiger charge is -2.25. The summed E-state index contributed by atoms with van der Waals surface area (Å²) in [5, 5.41) is 0. The molecule has 2 aliphatic rings. The van der Waals surface area contributed by atoms with Crippen LogP contribution in [0.4, 0.5) is 13.2 Å². The van der Waals surface area contributed by atoms with Crippen molar-refractivity contribution in [2.45, 2.75) is 51.8 Å². The first-order valence-electron chi connectivity index (χ1n) is 6.14. The number of ether oxygens (including phenoxy) is 1. The van der Waals surface area contributed by atoms with Crippen molar-refractivity contribution in [2.75, 3.05) is 0 Å². The smallest absolute Gasteiger partial charge is 0.413 e. The minimum atomic E-state index is -4.41. The number of hydrogen-bond donors (Lipinski definition) is 0. The quantitative estimate of drug-likeness (QED) is 0.675. The largest absolute Gasteiger partial charge is 0.457 e. The van der Waals surface area contributed by atoms with Gasteiger partial charge in [0.05, 0.1) is 0 Å². The molecule has 0 radical (unpaired) electrons. The first-order valence-corrected chi connectivity index (χ1v) is 6.14. The van der Waals surface area contributed by atoms with Gasteiger partial charge in [-0.15, -0.1) is 0 Å². The fourth-order valence-corrected chi connectivity index (χ4v) is 2.94.